The molecule has 0 saturated carbocycles. The molecule has 27 heavy (non-hydrogen) atoms. The molecule has 3 aromatic rings. The highest BCUT2D eigenvalue weighted by molar-refractivity contribution is 7.10. The Kier molecular flexibility index (Phi) is 6.19. The smallest absolute Gasteiger partial charge is 0.272 e. The van der Waals surface area contributed by atoms with Crippen molar-refractivity contribution < 1.29 is 4.79 Å². The van der Waals surface area contributed by atoms with Gasteiger partial charge in [-0.1, -0.05) is 43.7 Å². The van der Waals surface area contributed by atoms with E-state index in [9.17, 15) is 4.79 Å². The highest BCUT2D eigenvalue weighted by Crippen LogP contribution is 2.27. The lowest BCUT2D eigenvalue weighted by Crippen LogP contribution is -2.29. The molecule has 2 aromatic heterocycles. The van der Waals surface area contributed by atoms with E-state index in [1.165, 1.54) is 5.56 Å². The molecule has 0 spiro atoms. The van der Waals surface area contributed by atoms with E-state index in [0.717, 1.165) is 23.3 Å². The molecule has 1 N–H and O–H groups in total. The number of hydrogen-bond acceptors (Lipinski definition) is 5. The maximum absolute atomic E-state index is 12.8. The standard InChI is InChI=1S/C21H24N4OS/c1-4-6-15-8-10-16(11-9-15)20(18-7-5-14-27-18)22-21(26)17-12-13-19(24-23-17)25(2)3/h5,7-14,20H,4,6H2,1-3H3,(H,22,26). The average Bonchev–Trinajstić information content (AvgIpc) is 3.21. The van der Waals surface area contributed by atoms with E-state index in [1.807, 2.05) is 36.5 Å². The number of rotatable bonds is 7. The molecule has 0 radical (unpaired) electrons. The van der Waals surface area contributed by atoms with Gasteiger partial charge in [-0.15, -0.1) is 21.5 Å². The van der Waals surface area contributed by atoms with E-state index in [2.05, 4.69) is 46.7 Å². The van der Waals surface area contributed by atoms with Gasteiger partial charge in [-0.2, -0.15) is 0 Å². The molecule has 0 bridgehead atoms. The van der Waals surface area contributed by atoms with Crippen LogP contribution >= 0.6 is 11.3 Å². The minimum Gasteiger partial charge on any atom is -0.361 e. The van der Waals surface area contributed by atoms with Crippen molar-refractivity contribution in [2.75, 3.05) is 19.0 Å². The van der Waals surface area contributed by atoms with Crippen LogP contribution in [-0.2, 0) is 6.42 Å². The van der Waals surface area contributed by atoms with Gasteiger partial charge >= 0.3 is 0 Å². The molecule has 0 aliphatic rings. The van der Waals surface area contributed by atoms with Gasteiger partial charge in [0, 0.05) is 19.0 Å². The second-order valence-electron chi connectivity index (χ2n) is 6.58. The summed E-state index contributed by atoms with van der Waals surface area (Å²) < 4.78 is 0. The topological polar surface area (TPSA) is 58.1 Å². The van der Waals surface area contributed by atoms with Gasteiger partial charge in [-0.25, -0.2) is 0 Å². The van der Waals surface area contributed by atoms with Crippen molar-refractivity contribution in [2.45, 2.75) is 25.8 Å². The molecule has 0 saturated heterocycles. The first-order valence-corrected chi connectivity index (χ1v) is 9.90. The molecule has 6 heteroatoms. The third-order valence-electron chi connectivity index (χ3n) is 4.30. The quantitative estimate of drug-likeness (QED) is 0.671. The molecule has 1 atom stereocenters. The Morgan fingerprint density at radius 2 is 1.89 bits per heavy atom. The summed E-state index contributed by atoms with van der Waals surface area (Å²) in [5.41, 5.74) is 2.68. The molecule has 0 aliphatic heterocycles. The van der Waals surface area contributed by atoms with Gasteiger partial charge in [0.05, 0.1) is 6.04 Å². The van der Waals surface area contributed by atoms with Crippen molar-refractivity contribution in [2.24, 2.45) is 0 Å². The second-order valence-corrected chi connectivity index (χ2v) is 7.56. The number of aryl methyl sites for hydroxylation is 1. The Morgan fingerprint density at radius 3 is 2.44 bits per heavy atom. The van der Waals surface area contributed by atoms with Crippen LogP contribution in [0.15, 0.2) is 53.9 Å². The van der Waals surface area contributed by atoms with Gasteiger partial charge in [0.15, 0.2) is 11.5 Å². The second kappa shape index (κ2) is 8.77. The summed E-state index contributed by atoms with van der Waals surface area (Å²) in [6.07, 6.45) is 2.18. The van der Waals surface area contributed by atoms with Crippen molar-refractivity contribution in [1.29, 1.82) is 0 Å². The highest BCUT2D eigenvalue weighted by atomic mass is 32.1. The predicted molar refractivity (Wildman–Crippen MR) is 110 cm³/mol. The van der Waals surface area contributed by atoms with Crippen molar-refractivity contribution in [3.05, 3.63) is 75.6 Å². The molecule has 0 fully saturated rings. The molecule has 2 heterocycles. The molecule has 140 valence electrons. The van der Waals surface area contributed by atoms with Gasteiger partial charge in [0.1, 0.15) is 0 Å². The Bertz CT molecular complexity index is 858. The fourth-order valence-electron chi connectivity index (χ4n) is 2.83. The van der Waals surface area contributed by atoms with E-state index in [4.69, 9.17) is 0 Å². The van der Waals surface area contributed by atoms with Gasteiger partial charge in [-0.05, 0) is 41.1 Å². The Labute approximate surface area is 164 Å². The Hall–Kier alpha value is -2.73. The fourth-order valence-corrected chi connectivity index (χ4v) is 3.63. The monoisotopic (exact) mass is 380 g/mol. The van der Waals surface area contributed by atoms with Crippen LogP contribution in [0.25, 0.3) is 0 Å². The number of hydrogen-bond donors (Lipinski definition) is 1. The largest absolute Gasteiger partial charge is 0.361 e. The van der Waals surface area contributed by atoms with Gasteiger partial charge < -0.3 is 10.2 Å². The summed E-state index contributed by atoms with van der Waals surface area (Å²) in [4.78, 5) is 15.7. The number of thiophene rings is 1. The number of nitrogens with one attached hydrogen (secondary N) is 1. The number of carbonyl (C=O) groups is 1. The third kappa shape index (κ3) is 4.71. The van der Waals surface area contributed by atoms with Crippen LogP contribution in [-0.4, -0.2) is 30.2 Å². The SMILES string of the molecule is CCCc1ccc(C(NC(=O)c2ccc(N(C)C)nn2)c2cccs2)cc1. The van der Waals surface area contributed by atoms with Gasteiger partial charge in [0.25, 0.3) is 5.91 Å². The molecule has 1 aromatic carbocycles. The van der Waals surface area contributed by atoms with Crippen LogP contribution in [0.5, 0.6) is 0 Å². The normalized spacial score (nSPS) is 11.8. The first-order chi connectivity index (χ1) is 13.1. The zero-order valence-electron chi connectivity index (χ0n) is 15.8. The number of amides is 1. The van der Waals surface area contributed by atoms with Crippen molar-refractivity contribution >= 4 is 23.1 Å². The van der Waals surface area contributed by atoms with Crippen molar-refractivity contribution in [3.8, 4) is 0 Å². The van der Waals surface area contributed by atoms with E-state index >= 15 is 0 Å². The van der Waals surface area contributed by atoms with Crippen LogP contribution < -0.4 is 10.2 Å². The first-order valence-electron chi connectivity index (χ1n) is 9.02. The summed E-state index contributed by atoms with van der Waals surface area (Å²) in [5, 5.41) is 13.3. The van der Waals surface area contributed by atoms with Crippen LogP contribution in [0.1, 0.15) is 45.9 Å². The lowest BCUT2D eigenvalue weighted by atomic mass is 10.0. The van der Waals surface area contributed by atoms with Crippen molar-refractivity contribution in [3.63, 3.8) is 0 Å². The number of aromatic nitrogens is 2. The Balaban J connectivity index is 1.82. The summed E-state index contributed by atoms with van der Waals surface area (Å²) in [7, 11) is 3.78. The molecule has 1 amide bonds. The summed E-state index contributed by atoms with van der Waals surface area (Å²) in [5.74, 6) is 0.483. The minimum absolute atomic E-state index is 0.205. The molecule has 3 rings (SSSR count). The van der Waals surface area contributed by atoms with Crippen LogP contribution in [0.3, 0.4) is 0 Å². The number of anilines is 1. The zero-order chi connectivity index (χ0) is 19.2. The Morgan fingerprint density at radius 1 is 1.11 bits per heavy atom. The first kappa shape index (κ1) is 19.0. The molecular weight excluding hydrogens is 356 g/mol. The molecular formula is C21H24N4OS. The van der Waals surface area contributed by atoms with Crippen LogP contribution in [0.2, 0.25) is 0 Å². The molecule has 0 aliphatic carbocycles. The number of benzene rings is 1. The van der Waals surface area contributed by atoms with E-state index < -0.39 is 0 Å². The maximum atomic E-state index is 12.8. The fraction of sp³-hybridized carbons (Fsp3) is 0.286. The van der Waals surface area contributed by atoms with E-state index in [1.54, 1.807) is 23.5 Å². The third-order valence-corrected chi connectivity index (χ3v) is 5.23. The number of nitrogens with zero attached hydrogens (tertiary/aromatic N) is 3. The zero-order valence-corrected chi connectivity index (χ0v) is 16.7. The van der Waals surface area contributed by atoms with Crippen LogP contribution in [0.4, 0.5) is 5.82 Å². The van der Waals surface area contributed by atoms with Crippen LogP contribution in [0, 0.1) is 0 Å². The lowest BCUT2D eigenvalue weighted by molar-refractivity contribution is 0.0937. The summed E-state index contributed by atoms with van der Waals surface area (Å²) >= 11 is 1.63. The van der Waals surface area contributed by atoms with Crippen molar-refractivity contribution in [1.82, 2.24) is 15.5 Å². The maximum Gasteiger partial charge on any atom is 0.272 e. The van der Waals surface area contributed by atoms with Gasteiger partial charge in [-0.3, -0.25) is 4.79 Å². The molecule has 5 nitrogen and oxygen atoms in total. The van der Waals surface area contributed by atoms with E-state index in [-0.39, 0.29) is 11.9 Å². The molecule has 1 unspecified atom stereocenters. The van der Waals surface area contributed by atoms with Gasteiger partial charge in [0.2, 0.25) is 0 Å². The lowest BCUT2D eigenvalue weighted by Gasteiger charge is -2.18. The van der Waals surface area contributed by atoms with E-state index in [0.29, 0.717) is 11.5 Å². The summed E-state index contributed by atoms with van der Waals surface area (Å²) in [6, 6.07) is 15.8. The predicted octanol–water partition coefficient (Wildman–Crippen LogP) is 4.08. The minimum atomic E-state index is -0.233. The number of carbonyl (C=O) groups excluding carboxylic acids is 1. The summed E-state index contributed by atoms with van der Waals surface area (Å²) in [6.45, 7) is 2.17. The average molecular weight is 381 g/mol. The highest BCUT2D eigenvalue weighted by Gasteiger charge is 2.20.